The fraction of sp³-hybridized carbons (Fsp3) is 0.382. The molecule has 1 aliphatic carbocycles. The fourth-order valence-electron chi connectivity index (χ4n) is 6.09. The monoisotopic (exact) mass is 531 g/mol. The fourth-order valence-corrected chi connectivity index (χ4v) is 6.09. The molecule has 1 saturated carbocycles. The number of nitrogens with zero attached hydrogens (tertiary/aromatic N) is 4. The quantitative estimate of drug-likeness (QED) is 0.337. The smallest absolute Gasteiger partial charge is 0.253 e. The van der Waals surface area contributed by atoms with Gasteiger partial charge < -0.3 is 10.2 Å². The van der Waals surface area contributed by atoms with Crippen LogP contribution in [-0.4, -0.2) is 40.2 Å². The van der Waals surface area contributed by atoms with Crippen LogP contribution >= 0.6 is 0 Å². The molecule has 6 rings (SSSR count). The van der Waals surface area contributed by atoms with Crippen LogP contribution in [0.5, 0.6) is 0 Å². The van der Waals surface area contributed by atoms with Gasteiger partial charge in [-0.2, -0.15) is 4.98 Å². The molecule has 2 aromatic carbocycles. The molecule has 6 nitrogen and oxygen atoms in total. The summed E-state index contributed by atoms with van der Waals surface area (Å²) in [6.45, 7) is 4.84. The van der Waals surface area contributed by atoms with E-state index in [1.165, 1.54) is 5.56 Å². The lowest BCUT2D eigenvalue weighted by Crippen LogP contribution is -2.43. The maximum atomic E-state index is 13.5. The van der Waals surface area contributed by atoms with E-state index in [2.05, 4.69) is 71.4 Å². The van der Waals surface area contributed by atoms with Crippen molar-refractivity contribution >= 4 is 17.0 Å². The topological polar surface area (TPSA) is 63.1 Å². The highest BCUT2D eigenvalue weighted by atomic mass is 16.1. The second-order valence-corrected chi connectivity index (χ2v) is 11.2. The lowest BCUT2D eigenvalue weighted by molar-refractivity contribution is 0.415. The number of hydrogen-bond acceptors (Lipinski definition) is 5. The summed E-state index contributed by atoms with van der Waals surface area (Å²) in [6.07, 6.45) is 9.36. The summed E-state index contributed by atoms with van der Waals surface area (Å²) in [6, 6.07) is 21.1. The maximum Gasteiger partial charge on any atom is 0.253 e. The summed E-state index contributed by atoms with van der Waals surface area (Å²) in [5.41, 5.74) is 4.87. The van der Waals surface area contributed by atoms with E-state index >= 15 is 0 Å². The van der Waals surface area contributed by atoms with Crippen LogP contribution in [0.25, 0.3) is 11.0 Å². The average Bonchev–Trinajstić information content (AvgIpc) is 3.51. The Kier molecular flexibility index (Phi) is 7.92. The molecule has 1 N–H and O–H groups in total. The lowest BCUT2D eigenvalue weighted by Gasteiger charge is -2.32. The molecule has 3 heterocycles. The Bertz CT molecular complexity index is 1590. The van der Waals surface area contributed by atoms with E-state index in [0.717, 1.165) is 86.7 Å². The molecule has 0 spiro atoms. The molecule has 0 atom stereocenters. The average molecular weight is 532 g/mol. The Morgan fingerprint density at radius 1 is 0.950 bits per heavy atom. The predicted molar refractivity (Wildman–Crippen MR) is 162 cm³/mol. The molecular formula is C34H37N5O. The van der Waals surface area contributed by atoms with Crippen molar-refractivity contribution in [1.29, 1.82) is 0 Å². The van der Waals surface area contributed by atoms with Crippen molar-refractivity contribution in [3.05, 3.63) is 99.5 Å². The molecular weight excluding hydrogens is 494 g/mol. The van der Waals surface area contributed by atoms with Gasteiger partial charge in [0.2, 0.25) is 5.95 Å². The van der Waals surface area contributed by atoms with Gasteiger partial charge >= 0.3 is 0 Å². The Balaban J connectivity index is 1.23. The zero-order chi connectivity index (χ0) is 27.3. The zero-order valence-electron chi connectivity index (χ0n) is 23.3. The van der Waals surface area contributed by atoms with Crippen LogP contribution < -0.4 is 15.8 Å². The molecule has 0 radical (unpaired) electrons. The van der Waals surface area contributed by atoms with Gasteiger partial charge in [-0.15, -0.1) is 0 Å². The SMILES string of the molecule is Cc1cccc(C#Cc2cc(=O)n(C3CCCC3)c3nc(N4CCC(NCCc5ccccc5)CC4)ncc23)c1. The number of benzene rings is 2. The van der Waals surface area contributed by atoms with Crippen LogP contribution in [0.4, 0.5) is 5.95 Å². The Hall–Kier alpha value is -3.95. The number of pyridine rings is 1. The molecule has 204 valence electrons. The van der Waals surface area contributed by atoms with Crippen LogP contribution in [0.3, 0.4) is 0 Å². The van der Waals surface area contributed by atoms with Crippen molar-refractivity contribution in [1.82, 2.24) is 19.9 Å². The molecule has 40 heavy (non-hydrogen) atoms. The number of rotatable bonds is 6. The van der Waals surface area contributed by atoms with Gasteiger partial charge in [0.1, 0.15) is 5.65 Å². The summed E-state index contributed by atoms with van der Waals surface area (Å²) in [5.74, 6) is 7.22. The number of aromatic nitrogens is 3. The van der Waals surface area contributed by atoms with Crippen molar-refractivity contribution in [3.8, 4) is 11.8 Å². The van der Waals surface area contributed by atoms with E-state index in [1.807, 2.05) is 22.9 Å². The summed E-state index contributed by atoms with van der Waals surface area (Å²) in [4.78, 5) is 25.6. The molecule has 1 saturated heterocycles. The normalized spacial score (nSPS) is 16.3. The van der Waals surface area contributed by atoms with E-state index in [4.69, 9.17) is 9.97 Å². The minimum atomic E-state index is -0.0149. The van der Waals surface area contributed by atoms with Crippen molar-refractivity contribution in [2.45, 2.75) is 64.0 Å². The van der Waals surface area contributed by atoms with E-state index in [0.29, 0.717) is 17.6 Å². The first kappa shape index (κ1) is 26.3. The maximum absolute atomic E-state index is 13.5. The third-order valence-corrected chi connectivity index (χ3v) is 8.30. The minimum Gasteiger partial charge on any atom is -0.341 e. The van der Waals surface area contributed by atoms with E-state index < -0.39 is 0 Å². The highest BCUT2D eigenvalue weighted by Crippen LogP contribution is 2.31. The molecule has 2 fully saturated rings. The molecule has 1 aliphatic heterocycles. The van der Waals surface area contributed by atoms with Crippen LogP contribution in [0.15, 0.2) is 71.7 Å². The lowest BCUT2D eigenvalue weighted by atomic mass is 10.0. The summed E-state index contributed by atoms with van der Waals surface area (Å²) in [5, 5.41) is 4.59. The van der Waals surface area contributed by atoms with Gasteiger partial charge in [-0.05, 0) is 68.8 Å². The number of hydrogen-bond donors (Lipinski definition) is 1. The first-order valence-corrected chi connectivity index (χ1v) is 14.7. The largest absolute Gasteiger partial charge is 0.341 e. The Morgan fingerprint density at radius 2 is 1.75 bits per heavy atom. The van der Waals surface area contributed by atoms with Gasteiger partial charge in [0, 0.05) is 48.6 Å². The summed E-state index contributed by atoms with van der Waals surface area (Å²) < 4.78 is 1.92. The predicted octanol–water partition coefficient (Wildman–Crippen LogP) is 5.42. The number of piperidine rings is 1. The third kappa shape index (κ3) is 5.95. The van der Waals surface area contributed by atoms with E-state index in [1.54, 1.807) is 6.07 Å². The highest BCUT2D eigenvalue weighted by molar-refractivity contribution is 5.82. The molecule has 0 unspecified atom stereocenters. The van der Waals surface area contributed by atoms with Gasteiger partial charge in [-0.1, -0.05) is 67.1 Å². The first-order chi connectivity index (χ1) is 19.6. The minimum absolute atomic E-state index is 0.0149. The number of nitrogens with one attached hydrogen (secondary N) is 1. The second-order valence-electron chi connectivity index (χ2n) is 11.2. The zero-order valence-corrected chi connectivity index (χ0v) is 23.3. The molecule has 0 amide bonds. The summed E-state index contributed by atoms with van der Waals surface area (Å²) in [7, 11) is 0. The summed E-state index contributed by atoms with van der Waals surface area (Å²) >= 11 is 0. The molecule has 0 bridgehead atoms. The van der Waals surface area contributed by atoms with Gasteiger partial charge in [0.15, 0.2) is 0 Å². The molecule has 2 aliphatic rings. The second kappa shape index (κ2) is 12.1. The first-order valence-electron chi connectivity index (χ1n) is 14.7. The molecule has 4 aromatic rings. The highest BCUT2D eigenvalue weighted by Gasteiger charge is 2.24. The van der Waals surface area contributed by atoms with Crippen molar-refractivity contribution in [2.75, 3.05) is 24.5 Å². The van der Waals surface area contributed by atoms with Crippen molar-refractivity contribution < 1.29 is 0 Å². The van der Waals surface area contributed by atoms with E-state index in [-0.39, 0.29) is 11.6 Å². The van der Waals surface area contributed by atoms with Gasteiger partial charge in [-0.25, -0.2) is 4.98 Å². The van der Waals surface area contributed by atoms with Crippen LogP contribution in [0.1, 0.15) is 66.8 Å². The van der Waals surface area contributed by atoms with Crippen molar-refractivity contribution in [2.24, 2.45) is 0 Å². The van der Waals surface area contributed by atoms with Crippen LogP contribution in [0.2, 0.25) is 0 Å². The number of anilines is 1. The molecule has 2 aromatic heterocycles. The Labute approximate surface area is 236 Å². The van der Waals surface area contributed by atoms with Crippen LogP contribution in [0, 0.1) is 18.8 Å². The van der Waals surface area contributed by atoms with Crippen molar-refractivity contribution in [3.63, 3.8) is 0 Å². The molecule has 6 heteroatoms. The van der Waals surface area contributed by atoms with Gasteiger partial charge in [0.05, 0.1) is 5.39 Å². The standard InChI is InChI=1S/C34H37N5O/c1-25-8-7-11-27(22-25)14-15-28-23-32(40)39(30-12-5-6-13-30)33-31(28)24-36-34(37-33)38-20-17-29(18-21-38)35-19-16-26-9-3-2-4-10-26/h2-4,7-11,22-24,29-30,35H,5-6,12-13,16-21H2,1H3. The number of aryl methyl sites for hydroxylation is 1. The third-order valence-electron chi connectivity index (χ3n) is 8.30. The Morgan fingerprint density at radius 3 is 2.52 bits per heavy atom. The van der Waals surface area contributed by atoms with E-state index in [9.17, 15) is 4.79 Å². The van der Waals surface area contributed by atoms with Gasteiger partial charge in [0.25, 0.3) is 5.56 Å². The van der Waals surface area contributed by atoms with Gasteiger partial charge in [-0.3, -0.25) is 9.36 Å². The van der Waals surface area contributed by atoms with Crippen LogP contribution in [-0.2, 0) is 6.42 Å². The number of fused-ring (bicyclic) bond motifs is 1.